The highest BCUT2D eigenvalue weighted by Gasteiger charge is 2.25. The van der Waals surface area contributed by atoms with Gasteiger partial charge in [-0.15, -0.1) is 0 Å². The predicted molar refractivity (Wildman–Crippen MR) is 56.5 cm³/mol. The summed E-state index contributed by atoms with van der Waals surface area (Å²) in [7, 11) is 0. The smallest absolute Gasteiger partial charge is 0.307 e. The maximum Gasteiger partial charge on any atom is 0.307 e. The van der Waals surface area contributed by atoms with Gasteiger partial charge in [0.05, 0.1) is 4.91 Å². The van der Waals surface area contributed by atoms with E-state index < -0.39 is 5.97 Å². The highest BCUT2D eigenvalue weighted by atomic mass is 32.2. The zero-order valence-electron chi connectivity index (χ0n) is 8.02. The monoisotopic (exact) mass is 220 g/mol. The molecule has 0 N–H and O–H groups in total. The molecule has 0 aromatic heterocycles. The Bertz CT molecular complexity index is 463. The first-order chi connectivity index (χ1) is 7.18. The standard InChI is InChI=1S/C11H8O3S/c1-7(12)14-6-10-11(13)8-4-2-3-5-9(8)15-10/h2-6H,1H3. The molecule has 0 unspecified atom stereocenters. The number of fused-ring (bicyclic) bond motifs is 1. The average Bonchev–Trinajstić information content (AvgIpc) is 2.54. The fourth-order valence-corrected chi connectivity index (χ4v) is 2.21. The summed E-state index contributed by atoms with van der Waals surface area (Å²) in [5, 5.41) is 0. The van der Waals surface area contributed by atoms with E-state index in [0.717, 1.165) is 4.90 Å². The van der Waals surface area contributed by atoms with Gasteiger partial charge >= 0.3 is 5.97 Å². The van der Waals surface area contributed by atoms with Gasteiger partial charge in [0.1, 0.15) is 6.26 Å². The van der Waals surface area contributed by atoms with Crippen LogP contribution in [0.1, 0.15) is 17.3 Å². The van der Waals surface area contributed by atoms with Gasteiger partial charge in [-0.3, -0.25) is 9.59 Å². The molecule has 3 nitrogen and oxygen atoms in total. The number of ether oxygens (including phenoxy) is 1. The number of thioether (sulfide) groups is 1. The number of benzene rings is 1. The molecule has 0 fully saturated rings. The maximum atomic E-state index is 11.7. The minimum absolute atomic E-state index is 0.0862. The Labute approximate surface area is 91.1 Å². The molecular formula is C11H8O3S. The predicted octanol–water partition coefficient (Wildman–Crippen LogP) is 2.38. The first kappa shape index (κ1) is 9.98. The fourth-order valence-electron chi connectivity index (χ4n) is 1.25. The molecule has 0 amide bonds. The van der Waals surface area contributed by atoms with Crippen molar-refractivity contribution in [3.63, 3.8) is 0 Å². The molecule has 0 atom stereocenters. The molecule has 0 bridgehead atoms. The molecule has 1 aromatic rings. The first-order valence-corrected chi connectivity index (χ1v) is 5.19. The molecular weight excluding hydrogens is 212 g/mol. The summed E-state index contributed by atoms with van der Waals surface area (Å²) in [4.78, 5) is 23.7. The van der Waals surface area contributed by atoms with Crippen LogP contribution in [0.25, 0.3) is 0 Å². The minimum atomic E-state index is -0.424. The Kier molecular flexibility index (Phi) is 2.60. The summed E-state index contributed by atoms with van der Waals surface area (Å²) in [6.07, 6.45) is 1.22. The zero-order valence-corrected chi connectivity index (χ0v) is 8.84. The summed E-state index contributed by atoms with van der Waals surface area (Å²) < 4.78 is 4.68. The molecule has 1 aliphatic heterocycles. The second kappa shape index (κ2) is 3.90. The van der Waals surface area contributed by atoms with E-state index in [1.807, 2.05) is 18.2 Å². The Balaban J connectivity index is 2.27. The van der Waals surface area contributed by atoms with Crippen molar-refractivity contribution in [3.05, 3.63) is 41.0 Å². The van der Waals surface area contributed by atoms with Crippen molar-refractivity contribution in [1.29, 1.82) is 0 Å². The van der Waals surface area contributed by atoms with Gasteiger partial charge in [0.15, 0.2) is 0 Å². The zero-order chi connectivity index (χ0) is 10.8. The van der Waals surface area contributed by atoms with Gasteiger partial charge in [0.25, 0.3) is 0 Å². The summed E-state index contributed by atoms with van der Waals surface area (Å²) in [6.45, 7) is 1.30. The molecule has 0 radical (unpaired) electrons. The largest absolute Gasteiger partial charge is 0.433 e. The molecule has 4 heteroatoms. The van der Waals surface area contributed by atoms with Crippen LogP contribution in [-0.4, -0.2) is 11.8 Å². The van der Waals surface area contributed by atoms with E-state index in [-0.39, 0.29) is 5.78 Å². The Morgan fingerprint density at radius 1 is 1.40 bits per heavy atom. The van der Waals surface area contributed by atoms with E-state index >= 15 is 0 Å². The molecule has 0 saturated heterocycles. The van der Waals surface area contributed by atoms with Gasteiger partial charge in [0.2, 0.25) is 5.78 Å². The van der Waals surface area contributed by atoms with E-state index in [2.05, 4.69) is 4.74 Å². The van der Waals surface area contributed by atoms with Crippen molar-refractivity contribution in [2.45, 2.75) is 11.8 Å². The molecule has 0 saturated carbocycles. The van der Waals surface area contributed by atoms with E-state index in [9.17, 15) is 9.59 Å². The van der Waals surface area contributed by atoms with Crippen LogP contribution in [0, 0.1) is 0 Å². The quantitative estimate of drug-likeness (QED) is 0.414. The maximum absolute atomic E-state index is 11.7. The van der Waals surface area contributed by atoms with E-state index in [1.165, 1.54) is 24.9 Å². The third-order valence-corrected chi connectivity index (χ3v) is 2.98. The van der Waals surface area contributed by atoms with Crippen molar-refractivity contribution in [1.82, 2.24) is 0 Å². The minimum Gasteiger partial charge on any atom is -0.433 e. The molecule has 15 heavy (non-hydrogen) atoms. The van der Waals surface area contributed by atoms with Gasteiger partial charge in [-0.1, -0.05) is 23.9 Å². The van der Waals surface area contributed by atoms with Gasteiger partial charge < -0.3 is 4.74 Å². The van der Waals surface area contributed by atoms with Crippen LogP contribution < -0.4 is 0 Å². The lowest BCUT2D eigenvalue weighted by Gasteiger charge is -1.93. The van der Waals surface area contributed by atoms with Gasteiger partial charge in [-0.05, 0) is 12.1 Å². The van der Waals surface area contributed by atoms with Crippen LogP contribution in [0.2, 0.25) is 0 Å². The summed E-state index contributed by atoms with van der Waals surface area (Å²) >= 11 is 1.32. The second-order valence-corrected chi connectivity index (χ2v) is 4.10. The Hall–Kier alpha value is -1.55. The van der Waals surface area contributed by atoms with Crippen molar-refractivity contribution >= 4 is 23.5 Å². The second-order valence-electron chi connectivity index (χ2n) is 3.02. The highest BCUT2D eigenvalue weighted by Crippen LogP contribution is 2.39. The Morgan fingerprint density at radius 2 is 2.13 bits per heavy atom. The van der Waals surface area contributed by atoms with Gasteiger partial charge in [-0.2, -0.15) is 0 Å². The number of carbonyl (C=O) groups is 2. The lowest BCUT2D eigenvalue weighted by molar-refractivity contribution is -0.135. The number of hydrogen-bond acceptors (Lipinski definition) is 4. The molecule has 76 valence electrons. The molecule has 0 aliphatic carbocycles. The van der Waals surface area contributed by atoms with Crippen molar-refractivity contribution in [2.24, 2.45) is 0 Å². The lowest BCUT2D eigenvalue weighted by Crippen LogP contribution is -1.97. The topological polar surface area (TPSA) is 43.4 Å². The van der Waals surface area contributed by atoms with Crippen LogP contribution in [0.15, 0.2) is 40.3 Å². The van der Waals surface area contributed by atoms with Gasteiger partial charge in [0, 0.05) is 17.4 Å². The number of ketones is 1. The lowest BCUT2D eigenvalue weighted by atomic mass is 10.1. The van der Waals surface area contributed by atoms with Gasteiger partial charge in [-0.25, -0.2) is 0 Å². The summed E-state index contributed by atoms with van der Waals surface area (Å²) in [6, 6.07) is 7.31. The number of carbonyl (C=O) groups excluding carboxylic acids is 2. The molecule has 1 aromatic carbocycles. The normalized spacial score (nSPS) is 16.6. The van der Waals surface area contributed by atoms with Crippen LogP contribution >= 0.6 is 11.8 Å². The van der Waals surface area contributed by atoms with Crippen LogP contribution in [0.3, 0.4) is 0 Å². The van der Waals surface area contributed by atoms with Crippen molar-refractivity contribution in [2.75, 3.05) is 0 Å². The SMILES string of the molecule is CC(=O)OC=C1Sc2ccccc2C1=O. The third-order valence-electron chi connectivity index (χ3n) is 1.91. The molecule has 2 rings (SSSR count). The molecule has 1 heterocycles. The number of Topliss-reactive ketones (excluding diaryl/α,β-unsaturated/α-hetero) is 1. The number of rotatable bonds is 1. The average molecular weight is 220 g/mol. The number of esters is 1. The van der Waals surface area contributed by atoms with Crippen LogP contribution in [0.5, 0.6) is 0 Å². The summed E-state index contributed by atoms with van der Waals surface area (Å²) in [5.41, 5.74) is 0.668. The van der Waals surface area contributed by atoms with E-state index in [0.29, 0.717) is 10.5 Å². The van der Waals surface area contributed by atoms with Crippen molar-refractivity contribution in [3.8, 4) is 0 Å². The molecule has 1 aliphatic rings. The molecule has 0 spiro atoms. The Morgan fingerprint density at radius 3 is 2.80 bits per heavy atom. The van der Waals surface area contributed by atoms with Crippen molar-refractivity contribution < 1.29 is 14.3 Å². The van der Waals surface area contributed by atoms with E-state index in [1.54, 1.807) is 6.07 Å². The highest BCUT2D eigenvalue weighted by molar-refractivity contribution is 8.04. The van der Waals surface area contributed by atoms with Crippen LogP contribution in [-0.2, 0) is 9.53 Å². The summed E-state index contributed by atoms with van der Waals surface area (Å²) in [5.74, 6) is -0.510. The third kappa shape index (κ3) is 1.94. The number of hydrogen-bond donors (Lipinski definition) is 0. The number of allylic oxidation sites excluding steroid dienone is 1. The fraction of sp³-hybridized carbons (Fsp3) is 0.0909. The first-order valence-electron chi connectivity index (χ1n) is 4.37. The van der Waals surface area contributed by atoms with Crippen LogP contribution in [0.4, 0.5) is 0 Å². The van der Waals surface area contributed by atoms with E-state index in [4.69, 9.17) is 0 Å².